The van der Waals surface area contributed by atoms with Gasteiger partial charge in [0.15, 0.2) is 0 Å². The molecule has 0 unspecified atom stereocenters. The number of nitrogens with zero attached hydrogens (tertiary/aromatic N) is 1. The molecule has 15 heavy (non-hydrogen) atoms. The summed E-state index contributed by atoms with van der Waals surface area (Å²) in [5, 5.41) is 3.12. The molecule has 1 heterocycles. The quantitative estimate of drug-likeness (QED) is 0.935. The molecule has 0 spiro atoms. The number of nitrogens with one attached hydrogen (secondary N) is 1. The van der Waals surface area contributed by atoms with Gasteiger partial charge in [0.1, 0.15) is 0 Å². The smallest absolute Gasteiger partial charge is 0.0844 e. The van der Waals surface area contributed by atoms with Crippen LogP contribution in [0.25, 0.3) is 11.3 Å². The molecule has 2 nitrogen and oxygen atoms in total. The van der Waals surface area contributed by atoms with E-state index in [0.717, 1.165) is 22.3 Å². The van der Waals surface area contributed by atoms with E-state index in [1.165, 1.54) is 4.88 Å². The van der Waals surface area contributed by atoms with Crippen LogP contribution in [0, 0.1) is 0 Å². The van der Waals surface area contributed by atoms with Crippen LogP contribution in [0.3, 0.4) is 0 Å². The van der Waals surface area contributed by atoms with Crippen molar-refractivity contribution in [3.63, 3.8) is 0 Å². The van der Waals surface area contributed by atoms with Crippen LogP contribution < -0.4 is 5.32 Å². The first-order chi connectivity index (χ1) is 7.29. The first-order valence-electron chi connectivity index (χ1n) is 4.66. The first kappa shape index (κ1) is 10.8. The number of rotatable bonds is 3. The molecular weight excluding hydrogens is 272 g/mol. The second-order valence-electron chi connectivity index (χ2n) is 3.22. The van der Waals surface area contributed by atoms with E-state index < -0.39 is 0 Å². The highest BCUT2D eigenvalue weighted by Gasteiger charge is 2.03. The Hall–Kier alpha value is -0.710. The van der Waals surface area contributed by atoms with Crippen LogP contribution in [-0.4, -0.2) is 11.4 Å². The highest BCUT2D eigenvalue weighted by Crippen LogP contribution is 2.23. The third-order valence-electron chi connectivity index (χ3n) is 2.05. The minimum Gasteiger partial charge on any atom is -0.315 e. The molecule has 78 valence electrons. The second kappa shape index (κ2) is 4.88. The number of halogens is 1. The Balaban J connectivity index is 2.25. The van der Waals surface area contributed by atoms with Crippen LogP contribution in [0.5, 0.6) is 0 Å². The minimum atomic E-state index is 0.883. The van der Waals surface area contributed by atoms with Crippen molar-refractivity contribution in [3.8, 4) is 11.3 Å². The Morgan fingerprint density at radius 2 is 2.07 bits per heavy atom. The average molecular weight is 283 g/mol. The largest absolute Gasteiger partial charge is 0.315 e. The Morgan fingerprint density at radius 3 is 2.73 bits per heavy atom. The van der Waals surface area contributed by atoms with Crippen LogP contribution in [0.2, 0.25) is 0 Å². The molecule has 0 aliphatic heterocycles. The van der Waals surface area contributed by atoms with Gasteiger partial charge in [0.25, 0.3) is 0 Å². The highest BCUT2D eigenvalue weighted by molar-refractivity contribution is 9.10. The highest BCUT2D eigenvalue weighted by atomic mass is 79.9. The standard InChI is InChI=1S/C11H11BrN2S/c1-13-7-10-6-11(14-15-10)8-2-4-9(12)5-3-8/h2-6,13H,7H2,1H3. The molecule has 0 aliphatic rings. The number of hydrogen-bond acceptors (Lipinski definition) is 3. The van der Waals surface area contributed by atoms with E-state index in [1.807, 2.05) is 19.2 Å². The first-order valence-corrected chi connectivity index (χ1v) is 6.22. The van der Waals surface area contributed by atoms with Crippen molar-refractivity contribution in [2.75, 3.05) is 7.05 Å². The molecule has 0 aliphatic carbocycles. The zero-order valence-electron chi connectivity index (χ0n) is 8.33. The normalized spacial score (nSPS) is 10.5. The third kappa shape index (κ3) is 2.65. The summed E-state index contributed by atoms with van der Waals surface area (Å²) in [5.74, 6) is 0. The predicted molar refractivity (Wildman–Crippen MR) is 68.0 cm³/mol. The summed E-state index contributed by atoms with van der Waals surface area (Å²) < 4.78 is 5.52. The molecule has 0 saturated carbocycles. The van der Waals surface area contributed by atoms with Gasteiger partial charge >= 0.3 is 0 Å². The molecule has 4 heteroatoms. The number of aromatic nitrogens is 1. The van der Waals surface area contributed by atoms with Crippen LogP contribution in [0.15, 0.2) is 34.8 Å². The van der Waals surface area contributed by atoms with Gasteiger partial charge in [-0.15, -0.1) is 0 Å². The van der Waals surface area contributed by atoms with Crippen molar-refractivity contribution in [2.24, 2.45) is 0 Å². The van der Waals surface area contributed by atoms with Gasteiger partial charge in [-0.05, 0) is 36.8 Å². The van der Waals surface area contributed by atoms with E-state index >= 15 is 0 Å². The van der Waals surface area contributed by atoms with Gasteiger partial charge in [-0.2, -0.15) is 4.37 Å². The molecule has 1 aromatic carbocycles. The van der Waals surface area contributed by atoms with E-state index in [0.29, 0.717) is 0 Å². The topological polar surface area (TPSA) is 24.9 Å². The molecule has 0 saturated heterocycles. The molecule has 1 aromatic heterocycles. The average Bonchev–Trinajstić information content (AvgIpc) is 2.68. The Kier molecular flexibility index (Phi) is 3.51. The molecule has 0 bridgehead atoms. The van der Waals surface area contributed by atoms with E-state index in [4.69, 9.17) is 0 Å². The predicted octanol–water partition coefficient (Wildman–Crippen LogP) is 3.29. The van der Waals surface area contributed by atoms with Crippen molar-refractivity contribution in [1.82, 2.24) is 9.69 Å². The Bertz CT molecular complexity index is 436. The second-order valence-corrected chi connectivity index (χ2v) is 5.02. The molecular formula is C11H11BrN2S. The lowest BCUT2D eigenvalue weighted by atomic mass is 10.1. The molecule has 0 radical (unpaired) electrons. The van der Waals surface area contributed by atoms with Crippen LogP contribution >= 0.6 is 27.5 Å². The maximum atomic E-state index is 4.42. The van der Waals surface area contributed by atoms with Crippen molar-refractivity contribution in [2.45, 2.75) is 6.54 Å². The summed E-state index contributed by atoms with van der Waals surface area (Å²) in [6.07, 6.45) is 0. The zero-order valence-corrected chi connectivity index (χ0v) is 10.7. The van der Waals surface area contributed by atoms with Crippen LogP contribution in [-0.2, 0) is 6.54 Å². The lowest BCUT2D eigenvalue weighted by Gasteiger charge is -1.95. The minimum absolute atomic E-state index is 0.883. The Labute approximate surface area is 102 Å². The van der Waals surface area contributed by atoms with Gasteiger partial charge in [0.05, 0.1) is 5.69 Å². The van der Waals surface area contributed by atoms with Gasteiger partial charge in [-0.1, -0.05) is 28.1 Å². The summed E-state index contributed by atoms with van der Waals surface area (Å²) in [6, 6.07) is 10.3. The van der Waals surface area contributed by atoms with Crippen molar-refractivity contribution < 1.29 is 0 Å². The number of hydrogen-bond donors (Lipinski definition) is 1. The van der Waals surface area contributed by atoms with Crippen molar-refractivity contribution >= 4 is 27.5 Å². The Morgan fingerprint density at radius 1 is 1.33 bits per heavy atom. The fourth-order valence-corrected chi connectivity index (χ4v) is 2.34. The van der Waals surface area contributed by atoms with Gasteiger partial charge in [0.2, 0.25) is 0 Å². The van der Waals surface area contributed by atoms with Gasteiger partial charge in [0, 0.05) is 21.5 Å². The van der Waals surface area contributed by atoms with Gasteiger partial charge < -0.3 is 5.32 Å². The zero-order chi connectivity index (χ0) is 10.7. The lowest BCUT2D eigenvalue weighted by molar-refractivity contribution is 0.831. The monoisotopic (exact) mass is 282 g/mol. The van der Waals surface area contributed by atoms with E-state index in [2.05, 4.69) is 43.8 Å². The van der Waals surface area contributed by atoms with Gasteiger partial charge in [-0.3, -0.25) is 0 Å². The van der Waals surface area contributed by atoms with Gasteiger partial charge in [-0.25, -0.2) is 0 Å². The molecule has 1 N–H and O–H groups in total. The fourth-order valence-electron chi connectivity index (χ4n) is 1.33. The number of benzene rings is 1. The summed E-state index contributed by atoms with van der Waals surface area (Å²) in [6.45, 7) is 0.883. The maximum absolute atomic E-state index is 4.42. The van der Waals surface area contributed by atoms with Crippen LogP contribution in [0.4, 0.5) is 0 Å². The molecule has 0 fully saturated rings. The molecule has 2 aromatic rings. The van der Waals surface area contributed by atoms with E-state index in [1.54, 1.807) is 11.5 Å². The van der Waals surface area contributed by atoms with E-state index in [9.17, 15) is 0 Å². The molecule has 0 atom stereocenters. The summed E-state index contributed by atoms with van der Waals surface area (Å²) in [4.78, 5) is 1.26. The molecule has 2 rings (SSSR count). The van der Waals surface area contributed by atoms with E-state index in [-0.39, 0.29) is 0 Å². The summed E-state index contributed by atoms with van der Waals surface area (Å²) in [7, 11) is 1.94. The van der Waals surface area contributed by atoms with Crippen molar-refractivity contribution in [1.29, 1.82) is 0 Å². The van der Waals surface area contributed by atoms with Crippen molar-refractivity contribution in [3.05, 3.63) is 39.7 Å². The fraction of sp³-hybridized carbons (Fsp3) is 0.182. The lowest BCUT2D eigenvalue weighted by Crippen LogP contribution is -2.02. The van der Waals surface area contributed by atoms with Crippen LogP contribution in [0.1, 0.15) is 4.88 Å². The third-order valence-corrected chi connectivity index (χ3v) is 3.36. The molecule has 0 amide bonds. The summed E-state index contributed by atoms with van der Waals surface area (Å²) in [5.41, 5.74) is 2.22. The summed E-state index contributed by atoms with van der Waals surface area (Å²) >= 11 is 4.97. The maximum Gasteiger partial charge on any atom is 0.0844 e. The SMILES string of the molecule is CNCc1cc(-c2ccc(Br)cc2)ns1.